The van der Waals surface area contributed by atoms with Gasteiger partial charge in [-0.05, 0) is 30.9 Å². The van der Waals surface area contributed by atoms with Gasteiger partial charge in [-0.1, -0.05) is 13.3 Å². The molecule has 1 aromatic carbocycles. The summed E-state index contributed by atoms with van der Waals surface area (Å²) in [5.41, 5.74) is -3.79. The van der Waals surface area contributed by atoms with Gasteiger partial charge in [-0.25, -0.2) is 0 Å². The maximum absolute atomic E-state index is 13.7. The van der Waals surface area contributed by atoms with Crippen molar-refractivity contribution >= 4 is 17.3 Å². The summed E-state index contributed by atoms with van der Waals surface area (Å²) in [4.78, 5) is 22.6. The van der Waals surface area contributed by atoms with E-state index in [1.54, 1.807) is 6.92 Å². The van der Waals surface area contributed by atoms with E-state index in [9.17, 15) is 33.2 Å². The zero-order valence-corrected chi connectivity index (χ0v) is 13.7. The van der Waals surface area contributed by atoms with Crippen molar-refractivity contribution in [3.05, 3.63) is 39.9 Å². The molecule has 1 N–H and O–H groups in total. The number of fused-ring (bicyclic) bond motifs is 1. The summed E-state index contributed by atoms with van der Waals surface area (Å²) < 4.78 is 41.2. The van der Waals surface area contributed by atoms with Gasteiger partial charge in [0.05, 0.1) is 10.8 Å². The van der Waals surface area contributed by atoms with Crippen LogP contribution in [0, 0.1) is 22.0 Å². The molecule has 1 aliphatic carbocycles. The number of non-ortho nitro benzene ring substituents is 1. The largest absolute Gasteiger partial charge is 0.439 e. The number of hydrogen-bond donors (Lipinski definition) is 1. The monoisotopic (exact) mass is 371 g/mol. The molecule has 1 heterocycles. The minimum absolute atomic E-state index is 0.0726. The van der Waals surface area contributed by atoms with Crippen LogP contribution in [0.15, 0.2) is 29.4 Å². The Kier molecular flexibility index (Phi) is 4.26. The number of aliphatic hydroxyl groups is 1. The van der Waals surface area contributed by atoms with Crippen molar-refractivity contribution in [3.8, 4) is 0 Å². The smallest absolute Gasteiger partial charge is 0.362 e. The number of carbonyl (C=O) groups excluding carboxylic acids is 1. The van der Waals surface area contributed by atoms with Gasteiger partial charge >= 0.3 is 6.18 Å². The van der Waals surface area contributed by atoms with Gasteiger partial charge in [0.1, 0.15) is 0 Å². The van der Waals surface area contributed by atoms with Crippen molar-refractivity contribution < 1.29 is 28.0 Å². The molecule has 26 heavy (non-hydrogen) atoms. The summed E-state index contributed by atoms with van der Waals surface area (Å²) >= 11 is 0. The Morgan fingerprint density at radius 3 is 2.50 bits per heavy atom. The van der Waals surface area contributed by atoms with Crippen LogP contribution in [0.5, 0.6) is 0 Å². The lowest BCUT2D eigenvalue weighted by Crippen LogP contribution is -2.61. The minimum atomic E-state index is -5.10. The van der Waals surface area contributed by atoms with E-state index in [4.69, 9.17) is 0 Å². The number of nitro benzene ring substituents is 1. The van der Waals surface area contributed by atoms with Crippen molar-refractivity contribution in [2.75, 3.05) is 0 Å². The standard InChI is InChI=1S/C16H16F3N3O4/c1-9-3-2-4-12-13(9)20-21(15(12,24)16(17,18)19)14(23)10-5-7-11(8-6-10)22(25)26/h5-9,12,24H,2-4H2,1H3/t9-,12+,15-/m1/s1. The lowest BCUT2D eigenvalue weighted by Gasteiger charge is -2.39. The molecule has 0 unspecified atom stereocenters. The van der Waals surface area contributed by atoms with Gasteiger partial charge in [-0.3, -0.25) is 14.9 Å². The van der Waals surface area contributed by atoms with E-state index in [1.807, 2.05) is 0 Å². The number of nitrogens with zero attached hydrogens (tertiary/aromatic N) is 3. The third-order valence-corrected chi connectivity index (χ3v) is 4.95. The first-order valence-corrected chi connectivity index (χ1v) is 8.04. The minimum Gasteiger partial charge on any atom is -0.362 e. The summed E-state index contributed by atoms with van der Waals surface area (Å²) in [6.45, 7) is 1.71. The van der Waals surface area contributed by atoms with Crippen LogP contribution in [0.2, 0.25) is 0 Å². The van der Waals surface area contributed by atoms with E-state index < -0.39 is 28.6 Å². The third kappa shape index (κ3) is 2.64. The van der Waals surface area contributed by atoms with E-state index in [-0.39, 0.29) is 34.3 Å². The van der Waals surface area contributed by atoms with Crippen LogP contribution in [-0.4, -0.2) is 38.6 Å². The first kappa shape index (κ1) is 18.3. The van der Waals surface area contributed by atoms with Gasteiger partial charge in [0, 0.05) is 23.4 Å². The predicted molar refractivity (Wildman–Crippen MR) is 84.2 cm³/mol. The van der Waals surface area contributed by atoms with E-state index in [2.05, 4.69) is 5.10 Å². The quantitative estimate of drug-likeness (QED) is 0.638. The first-order chi connectivity index (χ1) is 12.1. The van der Waals surface area contributed by atoms with Crippen LogP contribution in [0.3, 0.4) is 0 Å². The number of hydrogen-bond acceptors (Lipinski definition) is 5. The number of carbonyl (C=O) groups is 1. The fourth-order valence-corrected chi connectivity index (χ4v) is 3.55. The highest BCUT2D eigenvalue weighted by molar-refractivity contribution is 6.00. The Balaban J connectivity index is 2.02. The number of rotatable bonds is 2. The molecule has 3 atom stereocenters. The number of alkyl halides is 3. The summed E-state index contributed by atoms with van der Waals surface area (Å²) in [5, 5.41) is 25.1. The van der Waals surface area contributed by atoms with Gasteiger partial charge in [-0.2, -0.15) is 23.3 Å². The van der Waals surface area contributed by atoms with Crippen LogP contribution >= 0.6 is 0 Å². The van der Waals surface area contributed by atoms with Crippen LogP contribution in [0.25, 0.3) is 0 Å². The van der Waals surface area contributed by atoms with E-state index in [0.717, 1.165) is 24.3 Å². The predicted octanol–water partition coefficient (Wildman–Crippen LogP) is 3.09. The maximum atomic E-state index is 13.7. The van der Waals surface area contributed by atoms with Crippen LogP contribution < -0.4 is 0 Å². The molecule has 140 valence electrons. The summed E-state index contributed by atoms with van der Waals surface area (Å²) in [7, 11) is 0. The Labute approximate surface area is 146 Å². The highest BCUT2D eigenvalue weighted by Crippen LogP contribution is 2.49. The highest BCUT2D eigenvalue weighted by atomic mass is 19.4. The average Bonchev–Trinajstić information content (AvgIpc) is 2.90. The topological polar surface area (TPSA) is 96.0 Å². The van der Waals surface area contributed by atoms with Crippen molar-refractivity contribution in [1.29, 1.82) is 0 Å². The van der Waals surface area contributed by atoms with Crippen molar-refractivity contribution in [1.82, 2.24) is 5.01 Å². The summed E-state index contributed by atoms with van der Waals surface area (Å²) in [6.07, 6.45) is -3.91. The zero-order chi connectivity index (χ0) is 19.3. The SMILES string of the molecule is C[C@@H]1CCC[C@H]2C1=NN(C(=O)c1ccc([N+](=O)[O-])cc1)[C@]2(O)C(F)(F)F. The van der Waals surface area contributed by atoms with E-state index in [1.165, 1.54) is 0 Å². The van der Waals surface area contributed by atoms with E-state index >= 15 is 0 Å². The van der Waals surface area contributed by atoms with Gasteiger partial charge in [-0.15, -0.1) is 0 Å². The van der Waals surface area contributed by atoms with Gasteiger partial charge < -0.3 is 5.11 Å². The molecule has 0 bridgehead atoms. The van der Waals surface area contributed by atoms with Gasteiger partial charge in [0.25, 0.3) is 17.3 Å². The molecule has 0 aromatic heterocycles. The van der Waals surface area contributed by atoms with Crippen molar-refractivity contribution in [3.63, 3.8) is 0 Å². The molecule has 7 nitrogen and oxygen atoms in total. The lowest BCUT2D eigenvalue weighted by molar-refractivity contribution is -0.384. The molecule has 1 aliphatic heterocycles. The maximum Gasteiger partial charge on any atom is 0.439 e. The second-order valence-electron chi connectivity index (χ2n) is 6.55. The molecule has 0 saturated heterocycles. The molecule has 10 heteroatoms. The second-order valence-corrected chi connectivity index (χ2v) is 6.55. The zero-order valence-electron chi connectivity index (χ0n) is 13.7. The molecule has 1 aromatic rings. The number of nitro groups is 1. The normalized spacial score (nSPS) is 28.5. The highest BCUT2D eigenvalue weighted by Gasteiger charge is 2.69. The molecule has 1 saturated carbocycles. The van der Waals surface area contributed by atoms with Crippen LogP contribution in [0.4, 0.5) is 18.9 Å². The van der Waals surface area contributed by atoms with Crippen molar-refractivity contribution in [2.45, 2.75) is 38.1 Å². The summed E-state index contributed by atoms with van der Waals surface area (Å²) in [5.74, 6) is -2.75. The van der Waals surface area contributed by atoms with Gasteiger partial charge in [0.15, 0.2) is 0 Å². The van der Waals surface area contributed by atoms with Gasteiger partial charge in [0.2, 0.25) is 0 Å². The number of amides is 1. The number of halogens is 3. The second kappa shape index (κ2) is 6.04. The van der Waals surface area contributed by atoms with Crippen LogP contribution in [-0.2, 0) is 0 Å². The molecule has 1 fully saturated rings. The number of hydrazone groups is 1. The Hall–Kier alpha value is -2.49. The lowest BCUT2D eigenvalue weighted by atomic mass is 9.75. The molecule has 0 spiro atoms. The van der Waals surface area contributed by atoms with Crippen molar-refractivity contribution in [2.24, 2.45) is 16.9 Å². The molecule has 1 amide bonds. The Morgan fingerprint density at radius 1 is 1.35 bits per heavy atom. The molecular weight excluding hydrogens is 355 g/mol. The fraction of sp³-hybridized carbons (Fsp3) is 0.500. The summed E-state index contributed by atoms with van der Waals surface area (Å²) in [6, 6.07) is 4.11. The molecule has 2 aliphatic rings. The molecule has 0 radical (unpaired) electrons. The van der Waals surface area contributed by atoms with E-state index in [0.29, 0.717) is 12.8 Å². The van der Waals surface area contributed by atoms with Crippen LogP contribution in [0.1, 0.15) is 36.5 Å². The molecular formula is C16H16F3N3O4. The molecule has 3 rings (SSSR count). The average molecular weight is 371 g/mol. The fourth-order valence-electron chi connectivity index (χ4n) is 3.55. The Morgan fingerprint density at radius 2 is 1.96 bits per heavy atom. The number of benzene rings is 1. The Bertz CT molecular complexity index is 778. The third-order valence-electron chi connectivity index (χ3n) is 4.95. The first-order valence-electron chi connectivity index (χ1n) is 8.04.